The van der Waals surface area contributed by atoms with Gasteiger partial charge in [0.1, 0.15) is 5.75 Å². The number of hydrogen-bond acceptors (Lipinski definition) is 7. The molecule has 2 atom stereocenters. The molecule has 3 N–H and O–H groups in total. The van der Waals surface area contributed by atoms with Crippen LogP contribution in [0, 0.1) is 0 Å². The number of phenolic OH excluding ortho intramolecular Hbond substituents is 1. The van der Waals surface area contributed by atoms with E-state index in [1.807, 2.05) is 23.5 Å². The van der Waals surface area contributed by atoms with Gasteiger partial charge in [0.25, 0.3) is 5.89 Å². The fourth-order valence-corrected chi connectivity index (χ4v) is 4.79. The van der Waals surface area contributed by atoms with Crippen molar-refractivity contribution < 1.29 is 9.63 Å². The van der Waals surface area contributed by atoms with Crippen molar-refractivity contribution in [3.63, 3.8) is 0 Å². The summed E-state index contributed by atoms with van der Waals surface area (Å²) in [4.78, 5) is 4.43. The van der Waals surface area contributed by atoms with Crippen molar-refractivity contribution in [2.45, 2.75) is 17.4 Å². The molecular formula is C13H15N3O2S2. The highest BCUT2D eigenvalue weighted by molar-refractivity contribution is 8.06. The Bertz CT molecular complexity index is 617. The molecule has 0 spiro atoms. The Balaban J connectivity index is 1.89. The van der Waals surface area contributed by atoms with Crippen LogP contribution in [0.4, 0.5) is 5.69 Å². The molecule has 5 nitrogen and oxygen atoms in total. The van der Waals surface area contributed by atoms with Crippen LogP contribution in [-0.4, -0.2) is 32.0 Å². The van der Waals surface area contributed by atoms with Crippen LogP contribution in [0.25, 0.3) is 11.5 Å². The molecule has 2 unspecified atom stereocenters. The van der Waals surface area contributed by atoms with E-state index in [1.165, 1.54) is 6.07 Å². The molecule has 1 aliphatic heterocycles. The predicted molar refractivity (Wildman–Crippen MR) is 82.9 cm³/mol. The van der Waals surface area contributed by atoms with Gasteiger partial charge in [0, 0.05) is 28.5 Å². The van der Waals surface area contributed by atoms with Gasteiger partial charge in [0.15, 0.2) is 5.82 Å². The molecule has 0 amide bonds. The van der Waals surface area contributed by atoms with E-state index in [9.17, 15) is 5.11 Å². The van der Waals surface area contributed by atoms with Gasteiger partial charge in [0.05, 0.1) is 10.8 Å². The molecule has 1 aromatic heterocycles. The lowest BCUT2D eigenvalue weighted by molar-refractivity contribution is 0.417. The van der Waals surface area contributed by atoms with Crippen LogP contribution >= 0.6 is 23.5 Å². The zero-order valence-electron chi connectivity index (χ0n) is 10.9. The molecule has 0 aliphatic carbocycles. The van der Waals surface area contributed by atoms with E-state index in [1.54, 1.807) is 12.1 Å². The number of thioether (sulfide) groups is 2. The Morgan fingerprint density at radius 1 is 1.35 bits per heavy atom. The molecular weight excluding hydrogens is 294 g/mol. The summed E-state index contributed by atoms with van der Waals surface area (Å²) in [6.07, 6.45) is 0. The third kappa shape index (κ3) is 2.60. The number of aromatic nitrogens is 2. The third-order valence-electron chi connectivity index (χ3n) is 3.14. The van der Waals surface area contributed by atoms with Crippen LogP contribution in [0.5, 0.6) is 5.75 Å². The van der Waals surface area contributed by atoms with Crippen molar-refractivity contribution in [1.82, 2.24) is 10.1 Å². The minimum absolute atomic E-state index is 0.0546. The first-order valence-corrected chi connectivity index (χ1v) is 8.40. The number of nitrogens with zero attached hydrogens (tertiary/aromatic N) is 2. The largest absolute Gasteiger partial charge is 0.507 e. The van der Waals surface area contributed by atoms with Crippen LogP contribution in [0.2, 0.25) is 0 Å². The SMILES string of the molecule is CC1SCCSC1c1noc(-c2ccc(N)cc2O)n1. The van der Waals surface area contributed by atoms with Crippen LogP contribution in [0.1, 0.15) is 18.0 Å². The van der Waals surface area contributed by atoms with Crippen LogP contribution < -0.4 is 5.73 Å². The molecule has 2 aromatic rings. The molecule has 7 heteroatoms. The maximum absolute atomic E-state index is 9.90. The lowest BCUT2D eigenvalue weighted by atomic mass is 10.2. The molecule has 3 rings (SSSR count). The van der Waals surface area contributed by atoms with Crippen molar-refractivity contribution in [2.24, 2.45) is 0 Å². The summed E-state index contributed by atoms with van der Waals surface area (Å²) in [7, 11) is 0. The van der Waals surface area contributed by atoms with Crippen LogP contribution in [0.3, 0.4) is 0 Å². The summed E-state index contributed by atoms with van der Waals surface area (Å²) < 4.78 is 5.29. The van der Waals surface area contributed by atoms with Gasteiger partial charge in [-0.05, 0) is 12.1 Å². The van der Waals surface area contributed by atoms with Crippen molar-refractivity contribution in [3.8, 4) is 17.2 Å². The number of benzene rings is 1. The van der Waals surface area contributed by atoms with E-state index in [2.05, 4.69) is 17.1 Å². The Morgan fingerprint density at radius 2 is 2.15 bits per heavy atom. The van der Waals surface area contributed by atoms with E-state index in [4.69, 9.17) is 10.3 Å². The summed E-state index contributed by atoms with van der Waals surface area (Å²) in [6.45, 7) is 2.18. The van der Waals surface area contributed by atoms with Gasteiger partial charge in [-0.2, -0.15) is 16.7 Å². The van der Waals surface area contributed by atoms with Gasteiger partial charge < -0.3 is 15.4 Å². The second-order valence-electron chi connectivity index (χ2n) is 4.60. The molecule has 0 radical (unpaired) electrons. The number of aromatic hydroxyl groups is 1. The fraction of sp³-hybridized carbons (Fsp3) is 0.385. The lowest BCUT2D eigenvalue weighted by Gasteiger charge is -2.24. The minimum atomic E-state index is 0.0546. The number of anilines is 1. The minimum Gasteiger partial charge on any atom is -0.507 e. The molecule has 0 bridgehead atoms. The van der Waals surface area contributed by atoms with Gasteiger partial charge in [0.2, 0.25) is 0 Å². The van der Waals surface area contributed by atoms with E-state index in [0.29, 0.717) is 28.2 Å². The molecule has 20 heavy (non-hydrogen) atoms. The summed E-state index contributed by atoms with van der Waals surface area (Å²) in [5.41, 5.74) is 6.63. The van der Waals surface area contributed by atoms with E-state index >= 15 is 0 Å². The smallest absolute Gasteiger partial charge is 0.261 e. The average Bonchev–Trinajstić information content (AvgIpc) is 2.88. The van der Waals surface area contributed by atoms with Gasteiger partial charge in [-0.25, -0.2) is 0 Å². The van der Waals surface area contributed by atoms with Crippen molar-refractivity contribution >= 4 is 29.2 Å². The van der Waals surface area contributed by atoms with Gasteiger partial charge >= 0.3 is 0 Å². The monoisotopic (exact) mass is 309 g/mol. The molecule has 106 valence electrons. The average molecular weight is 309 g/mol. The summed E-state index contributed by atoms with van der Waals surface area (Å²) >= 11 is 3.77. The van der Waals surface area contributed by atoms with Crippen molar-refractivity contribution in [3.05, 3.63) is 24.0 Å². The predicted octanol–water partition coefficient (Wildman–Crippen LogP) is 2.93. The summed E-state index contributed by atoms with van der Waals surface area (Å²) in [5.74, 6) is 3.34. The highest BCUT2D eigenvalue weighted by Crippen LogP contribution is 2.42. The Hall–Kier alpha value is -1.34. The van der Waals surface area contributed by atoms with Crippen molar-refractivity contribution in [1.29, 1.82) is 0 Å². The van der Waals surface area contributed by atoms with E-state index in [-0.39, 0.29) is 11.0 Å². The lowest BCUT2D eigenvalue weighted by Crippen LogP contribution is -2.16. The second kappa shape index (κ2) is 5.57. The first-order valence-electron chi connectivity index (χ1n) is 6.31. The highest BCUT2D eigenvalue weighted by Gasteiger charge is 2.28. The van der Waals surface area contributed by atoms with E-state index < -0.39 is 0 Å². The molecule has 1 saturated heterocycles. The fourth-order valence-electron chi connectivity index (χ4n) is 2.11. The van der Waals surface area contributed by atoms with Gasteiger partial charge in [-0.1, -0.05) is 12.1 Å². The molecule has 1 aromatic carbocycles. The number of rotatable bonds is 2. The number of nitrogen functional groups attached to an aromatic ring is 1. The molecule has 0 saturated carbocycles. The number of nitrogens with two attached hydrogens (primary N) is 1. The Labute approximate surface area is 125 Å². The van der Waals surface area contributed by atoms with Crippen molar-refractivity contribution in [2.75, 3.05) is 17.2 Å². The van der Waals surface area contributed by atoms with E-state index in [0.717, 1.165) is 11.5 Å². The molecule has 1 aliphatic rings. The molecule has 2 heterocycles. The number of hydrogen-bond donors (Lipinski definition) is 2. The third-order valence-corrected chi connectivity index (χ3v) is 6.22. The van der Waals surface area contributed by atoms with Crippen LogP contribution in [-0.2, 0) is 0 Å². The highest BCUT2D eigenvalue weighted by atomic mass is 32.2. The standard InChI is InChI=1S/C13H15N3O2S2/c1-7-11(20-5-4-19-7)12-15-13(18-16-12)9-3-2-8(14)6-10(9)17/h2-3,6-7,11,17H,4-5,14H2,1H3. The van der Waals surface area contributed by atoms with Gasteiger partial charge in [-0.15, -0.1) is 11.8 Å². The summed E-state index contributed by atoms with van der Waals surface area (Å²) in [5, 5.41) is 14.7. The maximum atomic E-state index is 9.90. The quantitative estimate of drug-likeness (QED) is 0.825. The zero-order chi connectivity index (χ0) is 14.1. The molecule has 1 fully saturated rings. The van der Waals surface area contributed by atoms with Gasteiger partial charge in [-0.3, -0.25) is 0 Å². The first kappa shape index (κ1) is 13.6. The normalized spacial score (nSPS) is 22.9. The summed E-state index contributed by atoms with van der Waals surface area (Å²) in [6, 6.07) is 4.87. The zero-order valence-corrected chi connectivity index (χ0v) is 12.6. The second-order valence-corrected chi connectivity index (χ2v) is 7.34. The maximum Gasteiger partial charge on any atom is 0.261 e. The Kier molecular flexibility index (Phi) is 3.80. The van der Waals surface area contributed by atoms with Crippen LogP contribution in [0.15, 0.2) is 22.7 Å². The first-order chi connectivity index (χ1) is 9.65. The number of phenols is 1. The topological polar surface area (TPSA) is 85.2 Å². The Morgan fingerprint density at radius 3 is 2.90 bits per heavy atom.